The van der Waals surface area contributed by atoms with Crippen molar-refractivity contribution in [2.24, 2.45) is 0 Å². The van der Waals surface area contributed by atoms with E-state index in [1.54, 1.807) is 0 Å². The smallest absolute Gasteiger partial charge is 0.0703 e. The summed E-state index contributed by atoms with van der Waals surface area (Å²) in [5, 5.41) is 7.77. The summed E-state index contributed by atoms with van der Waals surface area (Å²) in [5.74, 6) is 0. The van der Waals surface area contributed by atoms with Gasteiger partial charge in [-0.3, -0.25) is 0 Å². The topological polar surface area (TPSA) is 9.86 Å². The number of thiophene rings is 1. The maximum atomic E-state index is 2.50. The molecule has 0 fully saturated rings. The summed E-state index contributed by atoms with van der Waals surface area (Å²) in [6.45, 7) is 0. The van der Waals surface area contributed by atoms with Gasteiger partial charge in [0.2, 0.25) is 0 Å². The minimum atomic E-state index is 1.18. The first-order valence-electron chi connectivity index (χ1n) is 13.3. The number of hydrogen-bond acceptors (Lipinski definition) is 1. The molecule has 0 aliphatic heterocycles. The first kappa shape index (κ1) is 21.1. The lowest BCUT2D eigenvalue weighted by Gasteiger charge is -2.17. The van der Waals surface area contributed by atoms with E-state index in [1.165, 1.54) is 75.2 Å². The largest absolute Gasteiger partial charge is 0.307 e. The molecular formula is C36H22N2S. The second-order valence-electron chi connectivity index (χ2n) is 10.1. The summed E-state index contributed by atoms with van der Waals surface area (Å²) in [6.07, 6.45) is 0. The molecule has 182 valence electrons. The highest BCUT2D eigenvalue weighted by Gasteiger charge is 2.21. The van der Waals surface area contributed by atoms with Crippen LogP contribution in [0.3, 0.4) is 0 Å². The molecular weight excluding hydrogens is 492 g/mol. The zero-order chi connectivity index (χ0) is 25.5. The molecule has 2 nitrogen and oxygen atoms in total. The van der Waals surface area contributed by atoms with Crippen LogP contribution in [0.2, 0.25) is 0 Å². The molecule has 3 heteroatoms. The highest BCUT2D eigenvalue weighted by molar-refractivity contribution is 7.26. The molecule has 0 unspecified atom stereocenters. The van der Waals surface area contributed by atoms with E-state index >= 15 is 0 Å². The van der Waals surface area contributed by atoms with Crippen LogP contribution in [0.25, 0.3) is 75.2 Å². The van der Waals surface area contributed by atoms with Gasteiger partial charge in [0.1, 0.15) is 0 Å². The first-order chi connectivity index (χ1) is 19.4. The molecule has 0 aliphatic rings. The van der Waals surface area contributed by atoms with Gasteiger partial charge in [0.15, 0.2) is 0 Å². The number of nitrogens with zero attached hydrogens (tertiary/aromatic N) is 2. The number of para-hydroxylation sites is 5. The predicted molar refractivity (Wildman–Crippen MR) is 168 cm³/mol. The number of rotatable bonds is 2. The van der Waals surface area contributed by atoms with Gasteiger partial charge >= 0.3 is 0 Å². The van der Waals surface area contributed by atoms with Crippen LogP contribution < -0.4 is 0 Å². The molecule has 0 atom stereocenters. The Balaban J connectivity index is 1.50. The van der Waals surface area contributed by atoms with E-state index in [0.717, 1.165) is 0 Å². The predicted octanol–water partition coefficient (Wildman–Crippen LogP) is 10.2. The van der Waals surface area contributed by atoms with Gasteiger partial charge in [-0.05, 0) is 42.5 Å². The third kappa shape index (κ3) is 2.80. The lowest BCUT2D eigenvalue weighted by Crippen LogP contribution is -2.03. The van der Waals surface area contributed by atoms with Crippen LogP contribution in [0.1, 0.15) is 0 Å². The molecule has 3 aromatic heterocycles. The van der Waals surface area contributed by atoms with E-state index in [0.29, 0.717) is 0 Å². The van der Waals surface area contributed by atoms with E-state index in [-0.39, 0.29) is 0 Å². The van der Waals surface area contributed by atoms with Gasteiger partial charge in [0.25, 0.3) is 0 Å². The molecule has 0 amide bonds. The lowest BCUT2D eigenvalue weighted by atomic mass is 10.1. The highest BCUT2D eigenvalue weighted by Crippen LogP contribution is 2.44. The van der Waals surface area contributed by atoms with Crippen molar-refractivity contribution in [3.63, 3.8) is 0 Å². The van der Waals surface area contributed by atoms with Gasteiger partial charge < -0.3 is 9.13 Å². The third-order valence-electron chi connectivity index (χ3n) is 8.12. The molecule has 0 spiro atoms. The number of aromatic nitrogens is 2. The average molecular weight is 515 g/mol. The Morgan fingerprint density at radius 2 is 0.846 bits per heavy atom. The Morgan fingerprint density at radius 1 is 0.359 bits per heavy atom. The maximum absolute atomic E-state index is 2.50. The molecule has 0 saturated carbocycles. The van der Waals surface area contributed by atoms with Crippen molar-refractivity contribution in [3.8, 4) is 11.4 Å². The molecule has 0 radical (unpaired) electrons. The fraction of sp³-hybridized carbons (Fsp3) is 0. The van der Waals surface area contributed by atoms with Crippen molar-refractivity contribution in [3.05, 3.63) is 133 Å². The fourth-order valence-electron chi connectivity index (χ4n) is 6.54. The maximum Gasteiger partial charge on any atom is 0.0703 e. The molecule has 0 bridgehead atoms. The van der Waals surface area contributed by atoms with E-state index in [1.807, 2.05) is 11.3 Å². The summed E-state index contributed by atoms with van der Waals surface area (Å²) in [7, 11) is 0. The van der Waals surface area contributed by atoms with E-state index in [2.05, 4.69) is 143 Å². The molecule has 9 rings (SSSR count). The van der Waals surface area contributed by atoms with Crippen molar-refractivity contribution in [2.45, 2.75) is 0 Å². The van der Waals surface area contributed by atoms with Crippen LogP contribution >= 0.6 is 11.3 Å². The average Bonchev–Trinajstić information content (AvgIpc) is 3.65. The van der Waals surface area contributed by atoms with Crippen molar-refractivity contribution < 1.29 is 0 Å². The van der Waals surface area contributed by atoms with Crippen molar-refractivity contribution in [1.29, 1.82) is 0 Å². The van der Waals surface area contributed by atoms with Gasteiger partial charge in [0.05, 0.1) is 33.4 Å². The summed E-state index contributed by atoms with van der Waals surface area (Å²) in [4.78, 5) is 0. The number of benzene rings is 6. The standard InChI is InChI=1S/C36H22N2S/c1-5-15-28-23(11-1)24-12-2-6-16-29(24)37(28)31-18-8-9-19-32(31)38-30-17-7-3-13-25(30)26-21-22-34-35(36(26)38)27-14-4-10-20-33(27)39-34/h1-22H. The Bertz CT molecular complexity index is 2350. The minimum absolute atomic E-state index is 1.18. The molecule has 39 heavy (non-hydrogen) atoms. The van der Waals surface area contributed by atoms with Crippen molar-refractivity contribution >= 4 is 75.1 Å². The van der Waals surface area contributed by atoms with Gasteiger partial charge in [-0.1, -0.05) is 91.0 Å². The van der Waals surface area contributed by atoms with Crippen LogP contribution in [0.4, 0.5) is 0 Å². The molecule has 6 aromatic carbocycles. The minimum Gasteiger partial charge on any atom is -0.307 e. The van der Waals surface area contributed by atoms with Crippen molar-refractivity contribution in [2.75, 3.05) is 0 Å². The molecule has 9 aromatic rings. The summed E-state index contributed by atoms with van der Waals surface area (Å²) in [5.41, 5.74) is 7.30. The van der Waals surface area contributed by atoms with Crippen LogP contribution in [-0.4, -0.2) is 9.13 Å². The first-order valence-corrected chi connectivity index (χ1v) is 14.1. The third-order valence-corrected chi connectivity index (χ3v) is 9.25. The van der Waals surface area contributed by atoms with Gasteiger partial charge in [-0.25, -0.2) is 0 Å². The molecule has 0 N–H and O–H groups in total. The second-order valence-corrected chi connectivity index (χ2v) is 11.2. The molecule has 3 heterocycles. The molecule has 0 saturated heterocycles. The Hall–Kier alpha value is -4.86. The van der Waals surface area contributed by atoms with Gasteiger partial charge in [0, 0.05) is 41.7 Å². The SMILES string of the molecule is c1ccc(-n2c3ccccc3c3ccc4sc5ccccc5c4c32)c(-n2c3ccccc3c3ccccc32)c1. The number of hydrogen-bond donors (Lipinski definition) is 0. The van der Waals surface area contributed by atoms with Crippen LogP contribution in [0.5, 0.6) is 0 Å². The number of fused-ring (bicyclic) bond motifs is 10. The van der Waals surface area contributed by atoms with Crippen LogP contribution in [-0.2, 0) is 0 Å². The zero-order valence-corrected chi connectivity index (χ0v) is 21.8. The zero-order valence-electron chi connectivity index (χ0n) is 21.0. The van der Waals surface area contributed by atoms with E-state index in [9.17, 15) is 0 Å². The van der Waals surface area contributed by atoms with Crippen LogP contribution in [0.15, 0.2) is 133 Å². The highest BCUT2D eigenvalue weighted by atomic mass is 32.1. The van der Waals surface area contributed by atoms with Gasteiger partial charge in [-0.2, -0.15) is 0 Å². The summed E-state index contributed by atoms with van der Waals surface area (Å²) in [6, 6.07) is 48.6. The Morgan fingerprint density at radius 3 is 1.51 bits per heavy atom. The summed E-state index contributed by atoms with van der Waals surface area (Å²) >= 11 is 1.88. The lowest BCUT2D eigenvalue weighted by molar-refractivity contribution is 1.10. The Labute approximate surface area is 228 Å². The monoisotopic (exact) mass is 514 g/mol. The molecule has 0 aliphatic carbocycles. The van der Waals surface area contributed by atoms with E-state index < -0.39 is 0 Å². The van der Waals surface area contributed by atoms with Crippen molar-refractivity contribution in [1.82, 2.24) is 9.13 Å². The second kappa shape index (κ2) is 7.83. The quantitative estimate of drug-likeness (QED) is 0.217. The normalized spacial score (nSPS) is 12.1. The van der Waals surface area contributed by atoms with Gasteiger partial charge in [-0.15, -0.1) is 11.3 Å². The summed E-state index contributed by atoms with van der Waals surface area (Å²) < 4.78 is 7.59. The Kier molecular flexibility index (Phi) is 4.24. The van der Waals surface area contributed by atoms with E-state index in [4.69, 9.17) is 0 Å². The fourth-order valence-corrected chi connectivity index (χ4v) is 7.65. The van der Waals surface area contributed by atoms with Crippen LogP contribution in [0, 0.1) is 0 Å².